The van der Waals surface area contributed by atoms with Gasteiger partial charge in [0.25, 0.3) is 5.91 Å². The number of ether oxygens (including phenoxy) is 1. The summed E-state index contributed by atoms with van der Waals surface area (Å²) in [5, 5.41) is 12.5. The number of benzene rings is 2. The maximum absolute atomic E-state index is 12.1. The highest BCUT2D eigenvalue weighted by Gasteiger charge is 2.13. The number of halogens is 1. The van der Waals surface area contributed by atoms with E-state index in [4.69, 9.17) is 16.3 Å². The highest BCUT2D eigenvalue weighted by molar-refractivity contribution is 6.30. The van der Waals surface area contributed by atoms with E-state index in [9.17, 15) is 14.9 Å². The normalized spacial score (nSPS) is 10.8. The number of rotatable bonds is 8. The second-order valence-electron chi connectivity index (χ2n) is 6.46. The van der Waals surface area contributed by atoms with Crippen LogP contribution in [0.4, 0.5) is 5.69 Å². The summed E-state index contributed by atoms with van der Waals surface area (Å²) in [6.45, 7) is -0.0464. The lowest BCUT2D eigenvalue weighted by molar-refractivity contribution is -0.144. The minimum absolute atomic E-state index is 0.170. The van der Waals surface area contributed by atoms with Crippen molar-refractivity contribution in [3.8, 4) is 6.07 Å². The van der Waals surface area contributed by atoms with Crippen molar-refractivity contribution in [1.29, 1.82) is 5.26 Å². The van der Waals surface area contributed by atoms with Gasteiger partial charge in [0, 0.05) is 31.4 Å². The average Bonchev–Trinajstić information content (AvgIpc) is 2.72. The number of hydrogen-bond acceptors (Lipinski definition) is 5. The van der Waals surface area contributed by atoms with Crippen LogP contribution in [0.1, 0.15) is 11.1 Å². The number of nitrogens with one attached hydrogen (secondary N) is 1. The van der Waals surface area contributed by atoms with Crippen molar-refractivity contribution in [2.24, 2.45) is 0 Å². The first-order valence-electron chi connectivity index (χ1n) is 8.96. The number of esters is 1. The summed E-state index contributed by atoms with van der Waals surface area (Å²) in [7, 11) is 3.84. The number of carbonyl (C=O) groups is 2. The molecule has 29 heavy (non-hydrogen) atoms. The Morgan fingerprint density at radius 1 is 1.14 bits per heavy atom. The third-order valence-corrected chi connectivity index (χ3v) is 4.30. The first-order chi connectivity index (χ1) is 13.9. The highest BCUT2D eigenvalue weighted by atomic mass is 35.5. The van der Waals surface area contributed by atoms with Crippen molar-refractivity contribution in [3.63, 3.8) is 0 Å². The molecule has 2 aromatic rings. The molecule has 0 aliphatic heterocycles. The Kier molecular flexibility index (Phi) is 8.26. The summed E-state index contributed by atoms with van der Waals surface area (Å²) < 4.78 is 4.94. The zero-order valence-corrected chi connectivity index (χ0v) is 17.1. The van der Waals surface area contributed by atoms with Crippen LogP contribution in [0.5, 0.6) is 0 Å². The zero-order chi connectivity index (χ0) is 21.2. The SMILES string of the molecule is CN(C)c1ccc(/C=C(\C#N)C(=O)OCC(=O)NCCc2ccc(Cl)cc2)cc1. The fraction of sp³-hybridized carbons (Fsp3) is 0.227. The molecule has 0 atom stereocenters. The van der Waals surface area contributed by atoms with Crippen molar-refractivity contribution < 1.29 is 14.3 Å². The molecule has 0 fully saturated rings. The van der Waals surface area contributed by atoms with Crippen LogP contribution in [-0.2, 0) is 20.7 Å². The minimum Gasteiger partial charge on any atom is -0.451 e. The van der Waals surface area contributed by atoms with E-state index in [1.54, 1.807) is 24.3 Å². The number of nitriles is 1. The largest absolute Gasteiger partial charge is 0.451 e. The summed E-state index contributed by atoms with van der Waals surface area (Å²) in [6.07, 6.45) is 2.06. The van der Waals surface area contributed by atoms with E-state index in [1.807, 2.05) is 49.3 Å². The van der Waals surface area contributed by atoms with E-state index >= 15 is 0 Å². The van der Waals surface area contributed by atoms with Gasteiger partial charge in [0.05, 0.1) is 0 Å². The Morgan fingerprint density at radius 2 is 1.79 bits per heavy atom. The van der Waals surface area contributed by atoms with Gasteiger partial charge >= 0.3 is 5.97 Å². The van der Waals surface area contributed by atoms with E-state index in [0.717, 1.165) is 11.3 Å². The monoisotopic (exact) mass is 411 g/mol. The van der Waals surface area contributed by atoms with Crippen LogP contribution in [0.25, 0.3) is 6.08 Å². The molecule has 0 saturated heterocycles. The topological polar surface area (TPSA) is 82.4 Å². The molecule has 0 aliphatic carbocycles. The summed E-state index contributed by atoms with van der Waals surface area (Å²) in [5.74, 6) is -1.27. The van der Waals surface area contributed by atoms with Crippen LogP contribution in [-0.4, -0.2) is 39.1 Å². The van der Waals surface area contributed by atoms with Crippen molar-refractivity contribution in [3.05, 3.63) is 70.3 Å². The first kappa shape index (κ1) is 22.0. The number of anilines is 1. The Bertz CT molecular complexity index is 914. The minimum atomic E-state index is -0.836. The maximum Gasteiger partial charge on any atom is 0.349 e. The molecule has 7 heteroatoms. The van der Waals surface area contributed by atoms with Crippen LogP contribution in [0, 0.1) is 11.3 Å². The molecule has 6 nitrogen and oxygen atoms in total. The van der Waals surface area contributed by atoms with Crippen LogP contribution in [0.2, 0.25) is 5.02 Å². The predicted octanol–water partition coefficient (Wildman–Crippen LogP) is 3.22. The molecule has 0 heterocycles. The third kappa shape index (κ3) is 7.32. The second-order valence-corrected chi connectivity index (χ2v) is 6.89. The van der Waals surface area contributed by atoms with Gasteiger partial charge in [-0.3, -0.25) is 4.79 Å². The predicted molar refractivity (Wildman–Crippen MR) is 113 cm³/mol. The van der Waals surface area contributed by atoms with E-state index in [2.05, 4.69) is 5.32 Å². The number of nitrogens with zero attached hydrogens (tertiary/aromatic N) is 2. The van der Waals surface area contributed by atoms with E-state index < -0.39 is 18.5 Å². The Balaban J connectivity index is 1.81. The van der Waals surface area contributed by atoms with Crippen LogP contribution < -0.4 is 10.2 Å². The Morgan fingerprint density at radius 3 is 2.38 bits per heavy atom. The van der Waals surface area contributed by atoms with Crippen LogP contribution in [0.3, 0.4) is 0 Å². The van der Waals surface area contributed by atoms with Gasteiger partial charge in [-0.1, -0.05) is 35.9 Å². The molecule has 2 aromatic carbocycles. The summed E-state index contributed by atoms with van der Waals surface area (Å²) in [4.78, 5) is 25.9. The van der Waals surface area contributed by atoms with Gasteiger partial charge < -0.3 is 15.0 Å². The molecule has 0 aromatic heterocycles. The lowest BCUT2D eigenvalue weighted by atomic mass is 10.1. The van der Waals surface area contributed by atoms with Crippen LogP contribution in [0.15, 0.2) is 54.1 Å². The molecular formula is C22H22ClN3O3. The summed E-state index contributed by atoms with van der Waals surface area (Å²) >= 11 is 5.83. The quantitative estimate of drug-likeness (QED) is 0.409. The molecule has 2 rings (SSSR count). The molecule has 0 saturated carbocycles. The first-order valence-corrected chi connectivity index (χ1v) is 9.34. The molecule has 0 aliphatic rings. The van der Waals surface area contributed by atoms with Gasteiger partial charge in [0.15, 0.2) is 6.61 Å². The van der Waals surface area contributed by atoms with Crippen molar-refractivity contribution in [1.82, 2.24) is 5.32 Å². The lowest BCUT2D eigenvalue weighted by Gasteiger charge is -2.11. The van der Waals surface area contributed by atoms with Gasteiger partial charge in [-0.2, -0.15) is 5.26 Å². The molecule has 1 amide bonds. The van der Waals surface area contributed by atoms with E-state index in [1.165, 1.54) is 6.08 Å². The van der Waals surface area contributed by atoms with Gasteiger partial charge in [0.1, 0.15) is 11.6 Å². The second kappa shape index (κ2) is 10.9. The number of hydrogen-bond donors (Lipinski definition) is 1. The fourth-order valence-corrected chi connectivity index (χ4v) is 2.56. The van der Waals surface area contributed by atoms with Crippen LogP contribution >= 0.6 is 11.6 Å². The molecule has 1 N–H and O–H groups in total. The molecule has 0 radical (unpaired) electrons. The zero-order valence-electron chi connectivity index (χ0n) is 16.3. The molecule has 0 unspecified atom stereocenters. The van der Waals surface area contributed by atoms with Gasteiger partial charge in [0.2, 0.25) is 0 Å². The molecule has 0 bridgehead atoms. The number of carbonyl (C=O) groups excluding carboxylic acids is 2. The Labute approximate surface area is 175 Å². The van der Waals surface area contributed by atoms with Gasteiger partial charge in [-0.05, 0) is 47.9 Å². The lowest BCUT2D eigenvalue weighted by Crippen LogP contribution is -2.30. The standard InChI is InChI=1S/C22H22ClN3O3/c1-26(2)20-9-5-17(6-10-20)13-18(14-24)22(28)29-15-21(27)25-12-11-16-3-7-19(23)8-4-16/h3-10,13H,11-12,15H2,1-2H3,(H,25,27)/b18-13+. The molecular weight excluding hydrogens is 390 g/mol. The van der Waals surface area contributed by atoms with Crippen molar-refractivity contribution in [2.75, 3.05) is 32.1 Å². The molecule has 150 valence electrons. The smallest absolute Gasteiger partial charge is 0.349 e. The van der Waals surface area contributed by atoms with Gasteiger partial charge in [-0.25, -0.2) is 4.79 Å². The molecule has 0 spiro atoms. The van der Waals surface area contributed by atoms with E-state index in [0.29, 0.717) is 23.6 Å². The highest BCUT2D eigenvalue weighted by Crippen LogP contribution is 2.15. The third-order valence-electron chi connectivity index (χ3n) is 4.04. The van der Waals surface area contributed by atoms with Crippen molar-refractivity contribution in [2.45, 2.75) is 6.42 Å². The van der Waals surface area contributed by atoms with E-state index in [-0.39, 0.29) is 5.57 Å². The maximum atomic E-state index is 12.1. The van der Waals surface area contributed by atoms with Crippen molar-refractivity contribution >= 4 is 35.2 Å². The average molecular weight is 412 g/mol. The summed E-state index contributed by atoms with van der Waals surface area (Å²) in [6, 6.07) is 16.5. The Hall–Kier alpha value is -3.30. The fourth-order valence-electron chi connectivity index (χ4n) is 2.43. The number of amides is 1. The summed E-state index contributed by atoms with van der Waals surface area (Å²) in [5.41, 5.74) is 2.55. The van der Waals surface area contributed by atoms with Gasteiger partial charge in [-0.15, -0.1) is 0 Å².